The number of pyridine rings is 2. The molecule has 4 bridgehead atoms. The Kier molecular flexibility index (Phi) is 8.17. The molecule has 0 N–H and O–H groups in total. The molecule has 0 aromatic carbocycles. The molecule has 0 saturated carbocycles. The first-order chi connectivity index (χ1) is 17.7. The number of carbonyl (C=O) groups excluding carboxylic acids is 2. The molecule has 5 rings (SSSR count). The van der Waals surface area contributed by atoms with Gasteiger partial charge in [-0.05, 0) is 49.9 Å². The van der Waals surface area contributed by atoms with Crippen molar-refractivity contribution in [1.82, 2.24) is 9.97 Å². The smallest absolute Gasteiger partial charge is 0.357 e. The van der Waals surface area contributed by atoms with Crippen LogP contribution in [0.5, 0.6) is 0 Å². The lowest BCUT2D eigenvalue weighted by atomic mass is 10.1. The van der Waals surface area contributed by atoms with Gasteiger partial charge in [-0.25, -0.2) is 14.6 Å². The summed E-state index contributed by atoms with van der Waals surface area (Å²) in [7, 11) is 0. The Hall–Kier alpha value is -2.92. The summed E-state index contributed by atoms with van der Waals surface area (Å²) < 4.78 is 34.9. The van der Waals surface area contributed by atoms with Gasteiger partial charge in [0.25, 0.3) is 0 Å². The van der Waals surface area contributed by atoms with E-state index in [-0.39, 0.29) is 24.6 Å². The van der Waals surface area contributed by atoms with Crippen molar-refractivity contribution < 1.29 is 38.0 Å². The zero-order chi connectivity index (χ0) is 24.7. The van der Waals surface area contributed by atoms with Crippen LogP contribution in [0.4, 0.5) is 0 Å². The van der Waals surface area contributed by atoms with E-state index in [4.69, 9.17) is 28.4 Å². The number of esters is 2. The molecular formula is C26H30N2O8. The van der Waals surface area contributed by atoms with Gasteiger partial charge in [0.05, 0.1) is 37.8 Å². The molecule has 2 aromatic rings. The van der Waals surface area contributed by atoms with Crippen molar-refractivity contribution in [3.63, 3.8) is 0 Å². The van der Waals surface area contributed by atoms with E-state index >= 15 is 0 Å². The molecule has 0 amide bonds. The zero-order valence-electron chi connectivity index (χ0n) is 20.0. The number of fused-ring (bicyclic) bond motifs is 6. The maximum atomic E-state index is 12.9. The Labute approximate surface area is 209 Å². The normalized spacial score (nSPS) is 28.1. The molecule has 3 aliphatic heterocycles. The maximum Gasteiger partial charge on any atom is 0.357 e. The van der Waals surface area contributed by atoms with Gasteiger partial charge in [0.2, 0.25) is 0 Å². The molecule has 2 aromatic heterocycles. The van der Waals surface area contributed by atoms with E-state index in [1.54, 1.807) is 6.07 Å². The van der Waals surface area contributed by atoms with Crippen molar-refractivity contribution in [2.24, 2.45) is 0 Å². The lowest BCUT2D eigenvalue weighted by molar-refractivity contribution is -0.116. The number of nitrogens with zero attached hydrogens (tertiary/aromatic N) is 2. The van der Waals surface area contributed by atoms with Crippen LogP contribution in [0.2, 0.25) is 0 Å². The van der Waals surface area contributed by atoms with Crippen LogP contribution in [-0.2, 0) is 41.6 Å². The van der Waals surface area contributed by atoms with Crippen molar-refractivity contribution in [2.45, 2.75) is 63.3 Å². The second-order valence-corrected chi connectivity index (χ2v) is 9.05. The van der Waals surface area contributed by atoms with E-state index in [2.05, 4.69) is 9.97 Å². The molecule has 36 heavy (non-hydrogen) atoms. The molecular weight excluding hydrogens is 468 g/mol. The topological polar surface area (TPSA) is 115 Å². The highest BCUT2D eigenvalue weighted by molar-refractivity contribution is 5.91. The van der Waals surface area contributed by atoms with Crippen LogP contribution in [0.3, 0.4) is 0 Å². The third-order valence-electron chi connectivity index (χ3n) is 6.37. The molecule has 5 heterocycles. The van der Waals surface area contributed by atoms with Gasteiger partial charge >= 0.3 is 11.9 Å². The minimum atomic E-state index is -0.624. The van der Waals surface area contributed by atoms with Crippen LogP contribution in [0.15, 0.2) is 36.4 Å². The van der Waals surface area contributed by atoms with Crippen LogP contribution in [-0.4, -0.2) is 72.7 Å². The third kappa shape index (κ3) is 6.25. The second-order valence-electron chi connectivity index (χ2n) is 9.05. The quantitative estimate of drug-likeness (QED) is 0.502. The SMILES string of the molecule is O=C1O[C@H]2CCCO[C@@H]2COCc2cccc(n2)COC[C@H]2OCCC[C@@H]2OC(=O)c2cccc1n2. The molecule has 0 spiro atoms. The molecule has 3 aliphatic rings. The molecule has 10 heteroatoms. The lowest BCUT2D eigenvalue weighted by Gasteiger charge is -2.31. The summed E-state index contributed by atoms with van der Waals surface area (Å²) in [6, 6.07) is 10.3. The molecule has 4 atom stereocenters. The highest BCUT2D eigenvalue weighted by Gasteiger charge is 2.32. The van der Waals surface area contributed by atoms with Crippen molar-refractivity contribution in [3.05, 3.63) is 59.2 Å². The van der Waals surface area contributed by atoms with Gasteiger partial charge in [-0.3, -0.25) is 4.98 Å². The molecule has 0 radical (unpaired) electrons. The number of hydrogen-bond donors (Lipinski definition) is 0. The van der Waals surface area contributed by atoms with Crippen LogP contribution in [0.25, 0.3) is 0 Å². The van der Waals surface area contributed by atoms with Gasteiger partial charge in [-0.1, -0.05) is 12.1 Å². The van der Waals surface area contributed by atoms with Crippen molar-refractivity contribution in [3.8, 4) is 0 Å². The fourth-order valence-corrected chi connectivity index (χ4v) is 4.51. The lowest BCUT2D eigenvalue weighted by Crippen LogP contribution is -2.41. The van der Waals surface area contributed by atoms with Crippen LogP contribution in [0, 0.1) is 0 Å². The summed E-state index contributed by atoms with van der Waals surface area (Å²) in [4.78, 5) is 34.6. The van der Waals surface area contributed by atoms with E-state index in [0.29, 0.717) is 39.3 Å². The summed E-state index contributed by atoms with van der Waals surface area (Å²) in [5.74, 6) is -1.25. The average Bonchev–Trinajstić information content (AvgIpc) is 2.90. The van der Waals surface area contributed by atoms with E-state index in [9.17, 15) is 9.59 Å². The largest absolute Gasteiger partial charge is 0.455 e. The monoisotopic (exact) mass is 498 g/mol. The van der Waals surface area contributed by atoms with Gasteiger partial charge in [-0.2, -0.15) is 0 Å². The van der Waals surface area contributed by atoms with E-state index in [1.165, 1.54) is 12.1 Å². The third-order valence-corrected chi connectivity index (χ3v) is 6.37. The Morgan fingerprint density at radius 2 is 1.14 bits per heavy atom. The standard InChI is InChI=1S/C26H30N2O8/c29-25-19-7-2-8-20(28-19)26(30)36-22-10-4-12-34-24(22)16-32-14-18-6-1-5-17(27-18)13-31-15-23-21(35-25)9-3-11-33-23/h1-2,5-8,21-24H,3-4,9-16H2/t21-,22-,23+,24+/m0/s1. The predicted molar refractivity (Wildman–Crippen MR) is 124 cm³/mol. The highest BCUT2D eigenvalue weighted by Crippen LogP contribution is 2.22. The molecule has 0 unspecified atom stereocenters. The summed E-state index contributed by atoms with van der Waals surface area (Å²) in [5.41, 5.74) is 1.59. The van der Waals surface area contributed by atoms with Gasteiger partial charge in [0.15, 0.2) is 0 Å². The van der Waals surface area contributed by atoms with Gasteiger partial charge in [-0.15, -0.1) is 0 Å². The molecule has 10 nitrogen and oxygen atoms in total. The van der Waals surface area contributed by atoms with E-state index in [0.717, 1.165) is 24.2 Å². The zero-order valence-corrected chi connectivity index (χ0v) is 20.0. The molecule has 0 aliphatic carbocycles. The average molecular weight is 499 g/mol. The first kappa shape index (κ1) is 24.8. The van der Waals surface area contributed by atoms with Crippen molar-refractivity contribution in [2.75, 3.05) is 26.4 Å². The van der Waals surface area contributed by atoms with Gasteiger partial charge in [0.1, 0.15) is 35.8 Å². The number of ether oxygens (including phenoxy) is 6. The second kappa shape index (κ2) is 11.9. The number of hydrogen-bond acceptors (Lipinski definition) is 10. The summed E-state index contributed by atoms with van der Waals surface area (Å²) in [6.07, 6.45) is 1.05. The van der Waals surface area contributed by atoms with E-state index < -0.39 is 36.4 Å². The Bertz CT molecular complexity index is 989. The maximum absolute atomic E-state index is 12.9. The number of rotatable bonds is 0. The minimum absolute atomic E-state index is 0.0323. The Morgan fingerprint density at radius 1 is 0.639 bits per heavy atom. The molecule has 192 valence electrons. The first-order valence-electron chi connectivity index (χ1n) is 12.4. The van der Waals surface area contributed by atoms with Crippen molar-refractivity contribution >= 4 is 11.9 Å². The Morgan fingerprint density at radius 3 is 1.67 bits per heavy atom. The number of aromatic nitrogens is 2. The molecule has 2 fully saturated rings. The van der Waals surface area contributed by atoms with E-state index in [1.807, 2.05) is 18.2 Å². The number of carbonyl (C=O) groups is 2. The molecule has 2 saturated heterocycles. The van der Waals surface area contributed by atoms with Crippen molar-refractivity contribution in [1.29, 1.82) is 0 Å². The van der Waals surface area contributed by atoms with Crippen LogP contribution >= 0.6 is 0 Å². The van der Waals surface area contributed by atoms with Gasteiger partial charge < -0.3 is 28.4 Å². The fraction of sp³-hybridized carbons (Fsp3) is 0.538. The summed E-state index contributed by atoms with van der Waals surface area (Å²) in [6.45, 7) is 2.22. The summed E-state index contributed by atoms with van der Waals surface area (Å²) in [5, 5.41) is 0. The summed E-state index contributed by atoms with van der Waals surface area (Å²) >= 11 is 0. The fourth-order valence-electron chi connectivity index (χ4n) is 4.51. The predicted octanol–water partition coefficient (Wildman–Crippen LogP) is 2.63. The van der Waals surface area contributed by atoms with Gasteiger partial charge in [0, 0.05) is 13.2 Å². The highest BCUT2D eigenvalue weighted by atomic mass is 16.6. The minimum Gasteiger partial charge on any atom is -0.455 e. The first-order valence-corrected chi connectivity index (χ1v) is 12.4. The Balaban J connectivity index is 1.37. The van der Waals surface area contributed by atoms with Crippen LogP contribution in [0.1, 0.15) is 58.0 Å². The van der Waals surface area contributed by atoms with Crippen LogP contribution < -0.4 is 0 Å².